The Balaban J connectivity index is 1.62. The molecule has 0 spiro atoms. The smallest absolute Gasteiger partial charge is 0.338 e. The lowest BCUT2D eigenvalue weighted by molar-refractivity contribution is -0.139. The Hall–Kier alpha value is -4.41. The summed E-state index contributed by atoms with van der Waals surface area (Å²) in [7, 11) is 0. The van der Waals surface area contributed by atoms with Crippen molar-refractivity contribution in [3.05, 3.63) is 119 Å². The van der Waals surface area contributed by atoms with E-state index in [2.05, 4.69) is 4.99 Å². The third kappa shape index (κ3) is 7.03. The van der Waals surface area contributed by atoms with E-state index in [1.165, 1.54) is 28.0 Å². The van der Waals surface area contributed by atoms with Crippen LogP contribution in [0.5, 0.6) is 17.2 Å². The number of ether oxygens (including phenoxy) is 4. The number of rotatable bonds is 11. The van der Waals surface area contributed by atoms with Gasteiger partial charge in [0.25, 0.3) is 5.56 Å². The van der Waals surface area contributed by atoms with Crippen molar-refractivity contribution in [3.63, 3.8) is 0 Å². The molecule has 0 unspecified atom stereocenters. The fourth-order valence-corrected chi connectivity index (χ4v) is 6.48. The zero-order valence-electron chi connectivity index (χ0n) is 26.1. The molecule has 46 heavy (non-hydrogen) atoms. The van der Waals surface area contributed by atoms with Crippen LogP contribution in [0.25, 0.3) is 6.08 Å². The molecule has 0 bridgehead atoms. The van der Waals surface area contributed by atoms with Crippen molar-refractivity contribution < 1.29 is 28.1 Å². The van der Waals surface area contributed by atoms with Crippen molar-refractivity contribution in [1.82, 2.24) is 4.57 Å². The third-order valence-corrected chi connectivity index (χ3v) is 8.26. The summed E-state index contributed by atoms with van der Waals surface area (Å²) in [5, 5.41) is 0.263. The number of fused-ring (bicyclic) bond motifs is 1. The van der Waals surface area contributed by atoms with Gasteiger partial charge in [0.1, 0.15) is 24.2 Å². The van der Waals surface area contributed by atoms with Gasteiger partial charge < -0.3 is 18.9 Å². The van der Waals surface area contributed by atoms with Crippen molar-refractivity contribution in [3.8, 4) is 17.2 Å². The number of nitrogens with zero attached hydrogens (tertiary/aromatic N) is 2. The number of hydrogen-bond acceptors (Lipinski definition) is 8. The van der Waals surface area contributed by atoms with Crippen LogP contribution in [0.2, 0.25) is 5.02 Å². The fraction of sp³-hybridized carbons (Fsp3) is 0.286. The molecular weight excluding hydrogens is 631 g/mol. The van der Waals surface area contributed by atoms with Crippen molar-refractivity contribution >= 4 is 35.0 Å². The van der Waals surface area contributed by atoms with E-state index in [-0.39, 0.29) is 41.3 Å². The molecule has 4 aromatic rings. The molecule has 1 aromatic heterocycles. The summed E-state index contributed by atoms with van der Waals surface area (Å²) in [6, 6.07) is 16.0. The van der Waals surface area contributed by atoms with Crippen LogP contribution in [0.3, 0.4) is 0 Å². The zero-order chi connectivity index (χ0) is 33.0. The summed E-state index contributed by atoms with van der Waals surface area (Å²) in [5.74, 6) is 0.322. The van der Waals surface area contributed by atoms with Gasteiger partial charge in [-0.05, 0) is 82.2 Å². The first-order valence-electron chi connectivity index (χ1n) is 14.9. The topological polar surface area (TPSA) is 88.4 Å². The van der Waals surface area contributed by atoms with Crippen LogP contribution >= 0.6 is 22.9 Å². The molecule has 0 saturated heterocycles. The standard InChI is InChI=1S/C35H34ClFN2O6S/c1-6-42-28-17-23(16-26(36)32(28)44-19-22-11-10-12-24(37)15-22)18-29-33(40)39-31(25-13-8-9-14-27(25)45-20(3)4)30(34(41)43-7-2)21(5)38-35(39)46-29/h8-18,20,31H,6-7,19H2,1-5H3/b29-18+/t31-/m1/s1. The predicted molar refractivity (Wildman–Crippen MR) is 176 cm³/mol. The van der Waals surface area contributed by atoms with Crippen LogP contribution in [-0.2, 0) is 16.1 Å². The van der Waals surface area contributed by atoms with Gasteiger partial charge in [-0.2, -0.15) is 0 Å². The molecule has 0 amide bonds. The molecule has 5 rings (SSSR count). The maximum absolute atomic E-state index is 14.2. The van der Waals surface area contributed by atoms with Gasteiger partial charge in [0, 0.05) is 5.56 Å². The summed E-state index contributed by atoms with van der Waals surface area (Å²) >= 11 is 7.86. The van der Waals surface area contributed by atoms with E-state index in [4.69, 9.17) is 30.5 Å². The highest BCUT2D eigenvalue weighted by Crippen LogP contribution is 2.38. The third-order valence-electron chi connectivity index (χ3n) is 6.99. The van der Waals surface area contributed by atoms with Gasteiger partial charge >= 0.3 is 5.97 Å². The number of aromatic nitrogens is 1. The highest BCUT2D eigenvalue weighted by Gasteiger charge is 2.35. The quantitative estimate of drug-likeness (QED) is 0.174. The Kier molecular flexibility index (Phi) is 10.3. The molecule has 0 aliphatic carbocycles. The van der Waals surface area contributed by atoms with Gasteiger partial charge in [0.05, 0.1) is 40.1 Å². The minimum Gasteiger partial charge on any atom is -0.491 e. The van der Waals surface area contributed by atoms with Gasteiger partial charge in [-0.1, -0.05) is 53.3 Å². The number of allylic oxidation sites excluding steroid dienone is 1. The van der Waals surface area contributed by atoms with Gasteiger partial charge in [0.2, 0.25) is 0 Å². The molecule has 0 saturated carbocycles. The van der Waals surface area contributed by atoms with E-state index in [0.29, 0.717) is 55.6 Å². The lowest BCUT2D eigenvalue weighted by Crippen LogP contribution is -2.40. The molecule has 0 radical (unpaired) electrons. The Morgan fingerprint density at radius 2 is 1.85 bits per heavy atom. The number of hydrogen-bond donors (Lipinski definition) is 0. The average molecular weight is 665 g/mol. The highest BCUT2D eigenvalue weighted by molar-refractivity contribution is 7.07. The van der Waals surface area contributed by atoms with E-state index in [9.17, 15) is 14.0 Å². The van der Waals surface area contributed by atoms with Crippen molar-refractivity contribution in [2.75, 3.05) is 13.2 Å². The first-order chi connectivity index (χ1) is 22.1. The minimum absolute atomic E-state index is 0.0830. The molecule has 8 nitrogen and oxygen atoms in total. The normalized spacial score (nSPS) is 14.6. The second kappa shape index (κ2) is 14.3. The molecular formula is C35H34ClFN2O6S. The molecule has 0 N–H and O–H groups in total. The van der Waals surface area contributed by atoms with Gasteiger partial charge in [0.15, 0.2) is 16.3 Å². The first-order valence-corrected chi connectivity index (χ1v) is 16.1. The largest absolute Gasteiger partial charge is 0.491 e. The number of carbonyl (C=O) groups excluding carboxylic acids is 1. The van der Waals surface area contributed by atoms with E-state index >= 15 is 0 Å². The lowest BCUT2D eigenvalue weighted by atomic mass is 9.95. The predicted octanol–water partition coefficient (Wildman–Crippen LogP) is 6.36. The van der Waals surface area contributed by atoms with Crippen molar-refractivity contribution in [1.29, 1.82) is 0 Å². The number of carbonyl (C=O) groups is 1. The first kappa shape index (κ1) is 33.0. The number of esters is 1. The average Bonchev–Trinajstić information content (AvgIpc) is 3.30. The summed E-state index contributed by atoms with van der Waals surface area (Å²) in [6.07, 6.45) is 1.56. The number of benzene rings is 3. The van der Waals surface area contributed by atoms with Crippen molar-refractivity contribution in [2.45, 2.75) is 53.4 Å². The number of halogens is 2. The number of thiazole rings is 1. The number of para-hydroxylation sites is 1. The van der Waals surface area contributed by atoms with Crippen LogP contribution in [0.4, 0.5) is 4.39 Å². The zero-order valence-corrected chi connectivity index (χ0v) is 27.7. The van der Waals surface area contributed by atoms with Crippen LogP contribution in [0.1, 0.15) is 57.4 Å². The van der Waals surface area contributed by atoms with Crippen LogP contribution in [-0.4, -0.2) is 29.9 Å². The van der Waals surface area contributed by atoms with Gasteiger partial charge in [-0.3, -0.25) is 9.36 Å². The highest BCUT2D eigenvalue weighted by atomic mass is 35.5. The summed E-state index contributed by atoms with van der Waals surface area (Å²) in [5.41, 5.74) is 2.25. The second-order valence-corrected chi connectivity index (χ2v) is 12.1. The minimum atomic E-state index is -0.825. The summed E-state index contributed by atoms with van der Waals surface area (Å²) < 4.78 is 38.9. The van der Waals surface area contributed by atoms with Crippen molar-refractivity contribution in [2.24, 2.45) is 4.99 Å². The second-order valence-electron chi connectivity index (χ2n) is 10.7. The summed E-state index contributed by atoms with van der Waals surface area (Å²) in [6.45, 7) is 9.71. The maximum atomic E-state index is 14.2. The van der Waals surface area contributed by atoms with Crippen LogP contribution < -0.4 is 29.1 Å². The lowest BCUT2D eigenvalue weighted by Gasteiger charge is -2.26. The van der Waals surface area contributed by atoms with E-state index in [1.54, 1.807) is 44.2 Å². The monoisotopic (exact) mass is 664 g/mol. The molecule has 2 heterocycles. The van der Waals surface area contributed by atoms with Crippen LogP contribution in [0, 0.1) is 5.82 Å². The molecule has 1 aliphatic rings. The fourth-order valence-electron chi connectivity index (χ4n) is 5.16. The Labute approximate surface area is 275 Å². The SMILES string of the molecule is CCOC(=O)C1=C(C)N=c2s/c(=C/c3cc(Cl)c(OCc4cccc(F)c4)c(OCC)c3)c(=O)n2[C@@H]1c1ccccc1OC(C)C. The molecule has 3 aromatic carbocycles. The Morgan fingerprint density at radius 1 is 1.07 bits per heavy atom. The molecule has 0 fully saturated rings. The Morgan fingerprint density at radius 3 is 2.57 bits per heavy atom. The Bertz CT molecular complexity index is 1980. The molecule has 1 atom stereocenters. The van der Waals surface area contributed by atoms with Gasteiger partial charge in [-0.25, -0.2) is 14.2 Å². The molecule has 240 valence electrons. The van der Waals surface area contributed by atoms with E-state index in [0.717, 1.165) is 0 Å². The van der Waals surface area contributed by atoms with E-state index in [1.807, 2.05) is 45.0 Å². The molecule has 1 aliphatic heterocycles. The van der Waals surface area contributed by atoms with Gasteiger partial charge in [-0.15, -0.1) is 0 Å². The molecule has 11 heteroatoms. The van der Waals surface area contributed by atoms with E-state index < -0.39 is 12.0 Å². The summed E-state index contributed by atoms with van der Waals surface area (Å²) in [4.78, 5) is 32.6. The van der Waals surface area contributed by atoms with Crippen LogP contribution in [0.15, 0.2) is 81.7 Å². The maximum Gasteiger partial charge on any atom is 0.338 e.